The normalized spacial score (nSPS) is 10.4. The fourth-order valence-corrected chi connectivity index (χ4v) is 3.88. The molecule has 0 saturated carbocycles. The van der Waals surface area contributed by atoms with Gasteiger partial charge < -0.3 is 5.32 Å². The van der Waals surface area contributed by atoms with Crippen LogP contribution in [0.3, 0.4) is 0 Å². The third-order valence-electron chi connectivity index (χ3n) is 3.68. The van der Waals surface area contributed by atoms with Crippen molar-refractivity contribution in [3.63, 3.8) is 0 Å². The van der Waals surface area contributed by atoms with E-state index in [9.17, 15) is 19.7 Å². The zero-order valence-electron chi connectivity index (χ0n) is 15.1. The van der Waals surface area contributed by atoms with Crippen molar-refractivity contribution in [2.75, 3.05) is 16.4 Å². The number of nitro groups is 1. The van der Waals surface area contributed by atoms with E-state index in [1.54, 1.807) is 18.2 Å². The van der Waals surface area contributed by atoms with Gasteiger partial charge in [-0.3, -0.25) is 25.0 Å². The molecule has 0 atom stereocenters. The highest BCUT2D eigenvalue weighted by atomic mass is 32.2. The summed E-state index contributed by atoms with van der Waals surface area (Å²) in [5, 5.41) is 24.3. The van der Waals surface area contributed by atoms with Crippen LogP contribution in [0.25, 0.3) is 0 Å². The fourth-order valence-electron chi connectivity index (χ4n) is 2.33. The molecule has 2 aromatic carbocycles. The van der Waals surface area contributed by atoms with Crippen LogP contribution in [0.15, 0.2) is 52.9 Å². The number of aromatic nitrogens is 2. The molecule has 148 valence electrons. The Morgan fingerprint density at radius 2 is 1.93 bits per heavy atom. The van der Waals surface area contributed by atoms with Crippen molar-refractivity contribution in [1.82, 2.24) is 10.2 Å². The molecule has 0 radical (unpaired) electrons. The highest BCUT2D eigenvalue weighted by molar-refractivity contribution is 8.01. The van der Waals surface area contributed by atoms with Crippen molar-refractivity contribution in [1.29, 1.82) is 0 Å². The van der Waals surface area contributed by atoms with Gasteiger partial charge in [0.05, 0.1) is 10.7 Å². The molecule has 9 nitrogen and oxygen atoms in total. The summed E-state index contributed by atoms with van der Waals surface area (Å²) in [6, 6.07) is 12.9. The van der Waals surface area contributed by atoms with Crippen LogP contribution in [0.5, 0.6) is 0 Å². The first-order valence-electron chi connectivity index (χ1n) is 8.30. The molecule has 0 aliphatic heterocycles. The number of thioether (sulfide) groups is 1. The standard InChI is InChI=1S/C18H15N5O4S2/c1-11-5-2-3-8-14(11)16(25)20-17-21-22-18(29-17)28-10-15(24)19-12-6-4-7-13(9-12)23(26)27/h2-9H,10H2,1H3,(H,19,24)(H,20,21,25). The molecule has 3 aromatic rings. The van der Waals surface area contributed by atoms with Gasteiger partial charge in [0.15, 0.2) is 4.34 Å². The topological polar surface area (TPSA) is 127 Å². The van der Waals surface area contributed by atoms with E-state index in [1.165, 1.54) is 18.2 Å². The highest BCUT2D eigenvalue weighted by Gasteiger charge is 2.14. The molecule has 3 rings (SSSR count). The smallest absolute Gasteiger partial charge is 0.271 e. The summed E-state index contributed by atoms with van der Waals surface area (Å²) >= 11 is 2.31. The zero-order chi connectivity index (χ0) is 20.8. The minimum Gasteiger partial charge on any atom is -0.325 e. The summed E-state index contributed by atoms with van der Waals surface area (Å²) in [4.78, 5) is 34.6. The molecule has 2 N–H and O–H groups in total. The molecular formula is C18H15N5O4S2. The van der Waals surface area contributed by atoms with Gasteiger partial charge >= 0.3 is 0 Å². The van der Waals surface area contributed by atoms with Crippen molar-refractivity contribution in [2.24, 2.45) is 0 Å². The minimum atomic E-state index is -0.529. The summed E-state index contributed by atoms with van der Waals surface area (Å²) in [5.74, 6) is -0.571. The van der Waals surface area contributed by atoms with Crippen molar-refractivity contribution in [2.45, 2.75) is 11.3 Å². The second-order valence-corrected chi connectivity index (χ2v) is 7.99. The summed E-state index contributed by atoms with van der Waals surface area (Å²) < 4.78 is 0.513. The molecule has 1 heterocycles. The third kappa shape index (κ3) is 5.59. The maximum Gasteiger partial charge on any atom is 0.271 e. The molecule has 0 fully saturated rings. The molecular weight excluding hydrogens is 414 g/mol. The molecule has 1 aromatic heterocycles. The number of rotatable bonds is 7. The first-order valence-corrected chi connectivity index (χ1v) is 10.1. The summed E-state index contributed by atoms with van der Waals surface area (Å²) in [6.07, 6.45) is 0. The van der Waals surface area contributed by atoms with E-state index in [2.05, 4.69) is 20.8 Å². The number of aryl methyl sites for hydroxylation is 1. The summed E-state index contributed by atoms with van der Waals surface area (Å²) in [5.41, 5.74) is 1.64. The highest BCUT2D eigenvalue weighted by Crippen LogP contribution is 2.26. The largest absolute Gasteiger partial charge is 0.325 e. The van der Waals surface area contributed by atoms with Crippen molar-refractivity contribution in [3.8, 4) is 0 Å². The van der Waals surface area contributed by atoms with Gasteiger partial charge in [0.25, 0.3) is 11.6 Å². The van der Waals surface area contributed by atoms with Gasteiger partial charge in [-0.25, -0.2) is 0 Å². The molecule has 0 saturated heterocycles. The number of benzene rings is 2. The van der Waals surface area contributed by atoms with Crippen LogP contribution in [0.4, 0.5) is 16.5 Å². The van der Waals surface area contributed by atoms with E-state index in [-0.39, 0.29) is 23.3 Å². The first kappa shape index (κ1) is 20.4. The Balaban J connectivity index is 1.53. The number of anilines is 2. The van der Waals surface area contributed by atoms with E-state index in [0.717, 1.165) is 28.7 Å². The number of hydrogen-bond acceptors (Lipinski definition) is 8. The van der Waals surface area contributed by atoms with Gasteiger partial charge in [0, 0.05) is 23.4 Å². The monoisotopic (exact) mass is 429 g/mol. The van der Waals surface area contributed by atoms with E-state index < -0.39 is 4.92 Å². The van der Waals surface area contributed by atoms with Gasteiger partial charge in [-0.2, -0.15) is 0 Å². The number of non-ortho nitro benzene ring substituents is 1. The van der Waals surface area contributed by atoms with Crippen LogP contribution in [-0.4, -0.2) is 32.7 Å². The third-order valence-corrected chi connectivity index (χ3v) is 5.66. The van der Waals surface area contributed by atoms with Crippen LogP contribution < -0.4 is 10.6 Å². The number of nitrogens with one attached hydrogen (secondary N) is 2. The van der Waals surface area contributed by atoms with Gasteiger partial charge in [0.2, 0.25) is 11.0 Å². The van der Waals surface area contributed by atoms with Gasteiger partial charge in [-0.05, 0) is 24.6 Å². The second-order valence-electron chi connectivity index (χ2n) is 5.79. The minimum absolute atomic E-state index is 0.0447. The van der Waals surface area contributed by atoms with E-state index in [1.807, 2.05) is 19.1 Å². The number of carbonyl (C=O) groups is 2. The molecule has 29 heavy (non-hydrogen) atoms. The second kappa shape index (κ2) is 9.26. The number of amides is 2. The molecule has 0 spiro atoms. The van der Waals surface area contributed by atoms with Gasteiger partial charge in [-0.15, -0.1) is 10.2 Å². The lowest BCUT2D eigenvalue weighted by Gasteiger charge is -2.04. The Hall–Kier alpha value is -3.31. The molecule has 0 unspecified atom stereocenters. The first-order chi connectivity index (χ1) is 13.9. The van der Waals surface area contributed by atoms with E-state index in [0.29, 0.717) is 20.7 Å². The van der Waals surface area contributed by atoms with E-state index in [4.69, 9.17) is 0 Å². The van der Waals surface area contributed by atoms with Crippen molar-refractivity contribution >= 4 is 51.4 Å². The predicted octanol–water partition coefficient (Wildman–Crippen LogP) is 3.74. The SMILES string of the molecule is Cc1ccccc1C(=O)Nc1nnc(SCC(=O)Nc2cccc([N+](=O)[O-])c2)s1. The maximum absolute atomic E-state index is 12.3. The van der Waals surface area contributed by atoms with Crippen LogP contribution >= 0.6 is 23.1 Å². The quantitative estimate of drug-likeness (QED) is 0.253. The molecule has 0 aliphatic carbocycles. The van der Waals surface area contributed by atoms with Gasteiger partial charge in [0.1, 0.15) is 0 Å². The number of nitro benzene ring substituents is 1. The number of nitrogens with zero attached hydrogens (tertiary/aromatic N) is 3. The number of hydrogen-bond donors (Lipinski definition) is 2. The zero-order valence-corrected chi connectivity index (χ0v) is 16.8. The Morgan fingerprint density at radius 3 is 2.69 bits per heavy atom. The van der Waals surface area contributed by atoms with Crippen molar-refractivity contribution < 1.29 is 14.5 Å². The molecule has 11 heteroatoms. The Kier molecular flexibility index (Phi) is 6.52. The number of carbonyl (C=O) groups excluding carboxylic acids is 2. The Morgan fingerprint density at radius 1 is 1.14 bits per heavy atom. The average molecular weight is 429 g/mol. The lowest BCUT2D eigenvalue weighted by molar-refractivity contribution is -0.384. The summed E-state index contributed by atoms with van der Waals surface area (Å²) in [6.45, 7) is 1.84. The van der Waals surface area contributed by atoms with E-state index >= 15 is 0 Å². The van der Waals surface area contributed by atoms with Crippen molar-refractivity contribution in [3.05, 3.63) is 69.8 Å². The molecule has 0 aliphatic rings. The molecule has 2 amide bonds. The van der Waals surface area contributed by atoms with Gasteiger partial charge in [-0.1, -0.05) is 47.4 Å². The lowest BCUT2D eigenvalue weighted by atomic mass is 10.1. The predicted molar refractivity (Wildman–Crippen MR) is 111 cm³/mol. The fraction of sp³-hybridized carbons (Fsp3) is 0.111. The lowest BCUT2D eigenvalue weighted by Crippen LogP contribution is -2.14. The maximum atomic E-state index is 12.3. The van der Waals surface area contributed by atoms with Crippen LogP contribution in [-0.2, 0) is 4.79 Å². The van der Waals surface area contributed by atoms with Crippen LogP contribution in [0.2, 0.25) is 0 Å². The average Bonchev–Trinajstić information content (AvgIpc) is 3.14. The molecule has 0 bridgehead atoms. The summed E-state index contributed by atoms with van der Waals surface area (Å²) in [7, 11) is 0. The van der Waals surface area contributed by atoms with Crippen LogP contribution in [0, 0.1) is 17.0 Å². The van der Waals surface area contributed by atoms with Crippen LogP contribution in [0.1, 0.15) is 15.9 Å². The Labute approximate surface area is 173 Å². The Bertz CT molecular complexity index is 1070.